The average Bonchev–Trinajstić information content (AvgIpc) is 3.16. The average molecular weight is 376 g/mol. The van der Waals surface area contributed by atoms with E-state index in [0.29, 0.717) is 0 Å². The predicted molar refractivity (Wildman–Crippen MR) is 86.5 cm³/mol. The van der Waals surface area contributed by atoms with Crippen LogP contribution in [0.2, 0.25) is 0 Å². The first-order chi connectivity index (χ1) is 12.8. The standard InChI is InChI=1S/C19H11F3O5/c20-19(21,22)15-8-2-1-7-14(15)17(23)26-12-5-3-6-13(11-12)27-18(24)16-9-4-10-25-16/h1-11H. The van der Waals surface area contributed by atoms with Crippen molar-refractivity contribution >= 4 is 11.9 Å². The Balaban J connectivity index is 1.77. The van der Waals surface area contributed by atoms with Crippen LogP contribution in [0.25, 0.3) is 0 Å². The van der Waals surface area contributed by atoms with Crippen LogP contribution in [0, 0.1) is 0 Å². The van der Waals surface area contributed by atoms with Crippen molar-refractivity contribution in [2.75, 3.05) is 0 Å². The first kappa shape index (κ1) is 18.2. The molecule has 0 aliphatic carbocycles. The molecule has 3 aromatic rings. The van der Waals surface area contributed by atoms with Gasteiger partial charge in [0.2, 0.25) is 5.76 Å². The van der Waals surface area contributed by atoms with Crippen LogP contribution in [0.1, 0.15) is 26.5 Å². The number of esters is 2. The highest BCUT2D eigenvalue weighted by Crippen LogP contribution is 2.32. The van der Waals surface area contributed by atoms with Crippen LogP contribution in [0.15, 0.2) is 71.3 Å². The molecule has 1 aromatic heterocycles. The predicted octanol–water partition coefficient (Wildman–Crippen LogP) is 4.74. The molecule has 0 atom stereocenters. The van der Waals surface area contributed by atoms with Crippen LogP contribution >= 0.6 is 0 Å². The zero-order valence-corrected chi connectivity index (χ0v) is 13.5. The monoisotopic (exact) mass is 376 g/mol. The van der Waals surface area contributed by atoms with E-state index in [0.717, 1.165) is 12.1 Å². The minimum Gasteiger partial charge on any atom is -0.457 e. The summed E-state index contributed by atoms with van der Waals surface area (Å²) in [5.74, 6) is -2.03. The third kappa shape index (κ3) is 4.35. The summed E-state index contributed by atoms with van der Waals surface area (Å²) in [6, 6.07) is 12.6. The summed E-state index contributed by atoms with van der Waals surface area (Å²) >= 11 is 0. The molecule has 8 heteroatoms. The fourth-order valence-electron chi connectivity index (χ4n) is 2.22. The summed E-state index contributed by atoms with van der Waals surface area (Å²) in [6.07, 6.45) is -3.40. The van der Waals surface area contributed by atoms with E-state index in [1.165, 1.54) is 54.8 Å². The third-order valence-electron chi connectivity index (χ3n) is 3.40. The van der Waals surface area contributed by atoms with Crippen molar-refractivity contribution in [1.82, 2.24) is 0 Å². The summed E-state index contributed by atoms with van der Waals surface area (Å²) in [4.78, 5) is 24.0. The zero-order chi connectivity index (χ0) is 19.4. The number of hydrogen-bond donors (Lipinski definition) is 0. The molecular formula is C19H11F3O5. The largest absolute Gasteiger partial charge is 0.457 e. The molecule has 0 N–H and O–H groups in total. The zero-order valence-electron chi connectivity index (χ0n) is 13.5. The number of carbonyl (C=O) groups excluding carboxylic acids is 2. The molecule has 0 unspecified atom stereocenters. The van der Waals surface area contributed by atoms with Crippen LogP contribution in [-0.2, 0) is 6.18 Å². The van der Waals surface area contributed by atoms with Crippen molar-refractivity contribution in [2.45, 2.75) is 6.18 Å². The van der Waals surface area contributed by atoms with Gasteiger partial charge in [-0.3, -0.25) is 0 Å². The number of carbonyl (C=O) groups is 2. The Hall–Kier alpha value is -3.55. The first-order valence-electron chi connectivity index (χ1n) is 7.59. The number of benzene rings is 2. The highest BCUT2D eigenvalue weighted by atomic mass is 19.4. The molecule has 138 valence electrons. The molecular weight excluding hydrogens is 365 g/mol. The second-order valence-corrected chi connectivity index (χ2v) is 5.27. The molecule has 0 radical (unpaired) electrons. The van der Waals surface area contributed by atoms with Crippen molar-refractivity contribution in [3.63, 3.8) is 0 Å². The molecule has 0 spiro atoms. The molecule has 0 saturated heterocycles. The number of furan rings is 1. The minimum absolute atomic E-state index is 0.0310. The fraction of sp³-hybridized carbons (Fsp3) is 0.0526. The minimum atomic E-state index is -4.70. The molecule has 1 heterocycles. The normalized spacial score (nSPS) is 11.1. The van der Waals surface area contributed by atoms with Crippen molar-refractivity contribution in [3.8, 4) is 11.5 Å². The number of rotatable bonds is 4. The lowest BCUT2D eigenvalue weighted by Gasteiger charge is -2.12. The number of alkyl halides is 3. The number of ether oxygens (including phenoxy) is 2. The highest BCUT2D eigenvalue weighted by molar-refractivity contribution is 5.93. The lowest BCUT2D eigenvalue weighted by Crippen LogP contribution is -2.17. The van der Waals surface area contributed by atoms with Gasteiger partial charge in [0.1, 0.15) is 11.5 Å². The van der Waals surface area contributed by atoms with Gasteiger partial charge >= 0.3 is 18.1 Å². The number of hydrogen-bond acceptors (Lipinski definition) is 5. The van der Waals surface area contributed by atoms with Crippen molar-refractivity contribution < 1.29 is 36.7 Å². The molecule has 5 nitrogen and oxygen atoms in total. The van der Waals surface area contributed by atoms with Crippen LogP contribution in [0.5, 0.6) is 11.5 Å². The van der Waals surface area contributed by atoms with E-state index in [1.807, 2.05) is 0 Å². The van der Waals surface area contributed by atoms with E-state index in [-0.39, 0.29) is 17.3 Å². The summed E-state index contributed by atoms with van der Waals surface area (Å²) in [5, 5.41) is 0. The molecule has 27 heavy (non-hydrogen) atoms. The quantitative estimate of drug-likeness (QED) is 0.486. The van der Waals surface area contributed by atoms with Gasteiger partial charge in [0.25, 0.3) is 0 Å². The maximum absolute atomic E-state index is 13.0. The van der Waals surface area contributed by atoms with Crippen LogP contribution in [-0.4, -0.2) is 11.9 Å². The van der Waals surface area contributed by atoms with E-state index in [4.69, 9.17) is 13.9 Å². The van der Waals surface area contributed by atoms with Crippen LogP contribution < -0.4 is 9.47 Å². The molecule has 0 bridgehead atoms. The van der Waals surface area contributed by atoms with Crippen molar-refractivity contribution in [1.29, 1.82) is 0 Å². The van der Waals surface area contributed by atoms with Gasteiger partial charge in [-0.25, -0.2) is 9.59 Å². The molecule has 0 saturated carbocycles. The molecule has 0 amide bonds. The first-order valence-corrected chi connectivity index (χ1v) is 7.59. The molecule has 0 aliphatic heterocycles. The van der Waals surface area contributed by atoms with Crippen LogP contribution in [0.4, 0.5) is 13.2 Å². The Kier molecular flexibility index (Phi) is 4.98. The Morgan fingerprint density at radius 3 is 2.11 bits per heavy atom. The SMILES string of the molecule is O=C(Oc1cccc(OC(=O)c2ccccc2C(F)(F)F)c1)c1ccco1. The number of halogens is 3. The van der Waals surface area contributed by atoms with E-state index in [2.05, 4.69) is 0 Å². The highest BCUT2D eigenvalue weighted by Gasteiger charge is 2.35. The summed E-state index contributed by atoms with van der Waals surface area (Å²) in [5.41, 5.74) is -1.72. The molecule has 3 rings (SSSR count). The summed E-state index contributed by atoms with van der Waals surface area (Å²) in [6.45, 7) is 0. The van der Waals surface area contributed by atoms with Gasteiger partial charge in [-0.05, 0) is 36.4 Å². The van der Waals surface area contributed by atoms with E-state index < -0.39 is 29.2 Å². The second kappa shape index (κ2) is 7.36. The van der Waals surface area contributed by atoms with Gasteiger partial charge < -0.3 is 13.9 Å². The molecule has 2 aromatic carbocycles. The third-order valence-corrected chi connectivity index (χ3v) is 3.40. The Morgan fingerprint density at radius 1 is 0.815 bits per heavy atom. The molecule has 0 fully saturated rings. The van der Waals surface area contributed by atoms with Gasteiger partial charge in [-0.15, -0.1) is 0 Å². The van der Waals surface area contributed by atoms with Gasteiger partial charge in [-0.2, -0.15) is 13.2 Å². The fourth-order valence-corrected chi connectivity index (χ4v) is 2.22. The Morgan fingerprint density at radius 2 is 1.48 bits per heavy atom. The van der Waals surface area contributed by atoms with E-state index in [1.54, 1.807) is 0 Å². The lowest BCUT2D eigenvalue weighted by molar-refractivity contribution is -0.138. The topological polar surface area (TPSA) is 65.7 Å². The Bertz CT molecular complexity index is 961. The van der Waals surface area contributed by atoms with Crippen molar-refractivity contribution in [2.24, 2.45) is 0 Å². The lowest BCUT2D eigenvalue weighted by atomic mass is 10.1. The second-order valence-electron chi connectivity index (χ2n) is 5.27. The van der Waals surface area contributed by atoms with Crippen LogP contribution in [0.3, 0.4) is 0 Å². The maximum Gasteiger partial charge on any atom is 0.417 e. The van der Waals surface area contributed by atoms with E-state index in [9.17, 15) is 22.8 Å². The van der Waals surface area contributed by atoms with Crippen molar-refractivity contribution in [3.05, 3.63) is 83.8 Å². The summed E-state index contributed by atoms with van der Waals surface area (Å²) < 4.78 is 54.0. The van der Waals surface area contributed by atoms with Gasteiger partial charge in [0, 0.05) is 6.07 Å². The molecule has 0 aliphatic rings. The van der Waals surface area contributed by atoms with Gasteiger partial charge in [0.15, 0.2) is 0 Å². The van der Waals surface area contributed by atoms with Gasteiger partial charge in [0.05, 0.1) is 17.4 Å². The smallest absolute Gasteiger partial charge is 0.417 e. The Labute approximate surface area is 150 Å². The van der Waals surface area contributed by atoms with E-state index >= 15 is 0 Å². The summed E-state index contributed by atoms with van der Waals surface area (Å²) in [7, 11) is 0. The maximum atomic E-state index is 13.0. The van der Waals surface area contributed by atoms with Gasteiger partial charge in [-0.1, -0.05) is 18.2 Å².